The lowest BCUT2D eigenvalue weighted by Crippen LogP contribution is -2.39. The van der Waals surface area contributed by atoms with E-state index < -0.39 is 0 Å². The molecular formula is C24H30N6O2. The number of nitrogens with two attached hydrogens (primary N) is 1. The molecule has 3 aromatic rings. The van der Waals surface area contributed by atoms with Gasteiger partial charge in [0.05, 0.1) is 17.6 Å². The van der Waals surface area contributed by atoms with Crippen molar-refractivity contribution >= 4 is 12.0 Å². The van der Waals surface area contributed by atoms with Gasteiger partial charge < -0.3 is 19.9 Å². The van der Waals surface area contributed by atoms with E-state index in [1.165, 1.54) is 5.56 Å². The van der Waals surface area contributed by atoms with E-state index in [-0.39, 0.29) is 17.5 Å². The van der Waals surface area contributed by atoms with Crippen LogP contribution < -0.4 is 10.6 Å². The number of hydrogen-bond acceptors (Lipinski definition) is 8. The molecule has 1 aromatic carbocycles. The van der Waals surface area contributed by atoms with Crippen molar-refractivity contribution in [2.24, 2.45) is 0 Å². The third kappa shape index (κ3) is 3.95. The summed E-state index contributed by atoms with van der Waals surface area (Å²) in [5.41, 5.74) is 8.66. The molecule has 8 nitrogen and oxygen atoms in total. The highest BCUT2D eigenvalue weighted by Gasteiger charge is 2.45. The molecule has 0 spiro atoms. The smallest absolute Gasteiger partial charge is 0.324 e. The average Bonchev–Trinajstić information content (AvgIpc) is 3.24. The van der Waals surface area contributed by atoms with Gasteiger partial charge in [-0.05, 0) is 50.7 Å². The summed E-state index contributed by atoms with van der Waals surface area (Å²) < 4.78 is 11.7. The Hall–Kier alpha value is -3.00. The number of piperidine rings is 1. The molecule has 2 aromatic heterocycles. The zero-order chi connectivity index (χ0) is 22.1. The molecule has 0 amide bonds. The highest BCUT2D eigenvalue weighted by Crippen LogP contribution is 2.48. The summed E-state index contributed by atoms with van der Waals surface area (Å²) in [5, 5.41) is 4.43. The van der Waals surface area contributed by atoms with Gasteiger partial charge in [0.25, 0.3) is 0 Å². The van der Waals surface area contributed by atoms with Crippen molar-refractivity contribution in [1.82, 2.24) is 20.1 Å². The number of ether oxygens (including phenoxy) is 1. The first kappa shape index (κ1) is 20.9. The van der Waals surface area contributed by atoms with Gasteiger partial charge in [-0.15, -0.1) is 0 Å². The second-order valence-electron chi connectivity index (χ2n) is 9.11. The van der Waals surface area contributed by atoms with E-state index >= 15 is 0 Å². The van der Waals surface area contributed by atoms with E-state index in [1.807, 2.05) is 0 Å². The molecule has 5 rings (SSSR count). The van der Waals surface area contributed by atoms with Crippen molar-refractivity contribution in [2.45, 2.75) is 63.6 Å². The van der Waals surface area contributed by atoms with Gasteiger partial charge in [-0.3, -0.25) is 0 Å². The van der Waals surface area contributed by atoms with Gasteiger partial charge in [0, 0.05) is 31.0 Å². The topological polar surface area (TPSA) is 103 Å². The Morgan fingerprint density at radius 1 is 1.06 bits per heavy atom. The van der Waals surface area contributed by atoms with E-state index in [1.54, 1.807) is 12.4 Å². The number of nitrogens with zero attached hydrogens (tertiary/aromatic N) is 5. The summed E-state index contributed by atoms with van der Waals surface area (Å²) in [6.45, 7) is 5.93. The third-order valence-electron chi connectivity index (χ3n) is 6.67. The van der Waals surface area contributed by atoms with Crippen LogP contribution in [-0.4, -0.2) is 45.4 Å². The maximum atomic E-state index is 5.96. The molecule has 168 valence electrons. The molecule has 2 fully saturated rings. The molecule has 32 heavy (non-hydrogen) atoms. The fourth-order valence-electron chi connectivity index (χ4n) is 4.75. The summed E-state index contributed by atoms with van der Waals surface area (Å²) in [6, 6.07) is 9.16. The zero-order valence-electron chi connectivity index (χ0n) is 18.7. The third-order valence-corrected chi connectivity index (χ3v) is 6.67. The van der Waals surface area contributed by atoms with Gasteiger partial charge in [0.1, 0.15) is 0 Å². The first-order valence-electron chi connectivity index (χ1n) is 11.5. The van der Waals surface area contributed by atoms with Crippen molar-refractivity contribution in [3.63, 3.8) is 0 Å². The van der Waals surface area contributed by atoms with E-state index in [4.69, 9.17) is 20.0 Å². The van der Waals surface area contributed by atoms with Crippen LogP contribution in [0.3, 0.4) is 0 Å². The molecule has 0 radical (unpaired) electrons. The molecule has 1 saturated heterocycles. The van der Waals surface area contributed by atoms with Crippen LogP contribution in [-0.2, 0) is 10.2 Å². The minimum atomic E-state index is -0.170. The maximum Gasteiger partial charge on any atom is 0.324 e. The van der Waals surface area contributed by atoms with Crippen LogP contribution in [0.1, 0.15) is 57.3 Å². The van der Waals surface area contributed by atoms with Crippen LogP contribution in [0.15, 0.2) is 41.2 Å². The van der Waals surface area contributed by atoms with Crippen molar-refractivity contribution < 1.29 is 9.26 Å². The Kier molecular flexibility index (Phi) is 5.55. The molecule has 1 saturated carbocycles. The summed E-state index contributed by atoms with van der Waals surface area (Å²) >= 11 is 0. The molecule has 0 bridgehead atoms. The van der Waals surface area contributed by atoms with Crippen LogP contribution in [0.4, 0.5) is 12.0 Å². The summed E-state index contributed by atoms with van der Waals surface area (Å²) in [5.74, 6) is 1.08. The largest absolute Gasteiger partial charge is 0.375 e. The predicted molar refractivity (Wildman–Crippen MR) is 122 cm³/mol. The van der Waals surface area contributed by atoms with Crippen LogP contribution in [0.2, 0.25) is 0 Å². The van der Waals surface area contributed by atoms with Gasteiger partial charge in [0.15, 0.2) is 5.82 Å². The average molecular weight is 435 g/mol. The van der Waals surface area contributed by atoms with Crippen LogP contribution >= 0.6 is 0 Å². The molecule has 0 unspecified atom stereocenters. The molecular weight excluding hydrogens is 404 g/mol. The lowest BCUT2D eigenvalue weighted by Gasteiger charge is -2.39. The Balaban J connectivity index is 1.32. The molecule has 3 heterocycles. The van der Waals surface area contributed by atoms with E-state index in [2.05, 4.69) is 58.1 Å². The standard InChI is InChI=1S/C24H30N6O2/c1-16(2)31-20-8-12-30(13-9-20)23-28-21(29-32-23)24(10-3-11-24)19-6-4-17(5-7-19)18-14-26-22(25)27-15-18/h4-7,14-16,20H,3,8-13H2,1-2H3,(H2,25,26,27). The number of anilines is 2. The first-order chi connectivity index (χ1) is 15.5. The van der Waals surface area contributed by atoms with Gasteiger partial charge in [-0.25, -0.2) is 9.97 Å². The number of rotatable bonds is 6. The minimum absolute atomic E-state index is 0.170. The van der Waals surface area contributed by atoms with Crippen LogP contribution in [0.5, 0.6) is 0 Å². The number of hydrogen-bond donors (Lipinski definition) is 1. The molecule has 1 aliphatic heterocycles. The second kappa shape index (κ2) is 8.50. The van der Waals surface area contributed by atoms with Crippen molar-refractivity contribution in [1.29, 1.82) is 0 Å². The maximum absolute atomic E-state index is 5.96. The van der Waals surface area contributed by atoms with Crippen molar-refractivity contribution in [2.75, 3.05) is 23.7 Å². The quantitative estimate of drug-likeness (QED) is 0.621. The normalized spacial score (nSPS) is 18.7. The lowest BCUT2D eigenvalue weighted by atomic mass is 9.64. The summed E-state index contributed by atoms with van der Waals surface area (Å²) in [7, 11) is 0. The second-order valence-corrected chi connectivity index (χ2v) is 9.11. The van der Waals surface area contributed by atoms with Gasteiger partial charge in [0.2, 0.25) is 5.95 Å². The molecule has 8 heteroatoms. The van der Waals surface area contributed by atoms with E-state index in [0.717, 1.165) is 62.1 Å². The fourth-order valence-corrected chi connectivity index (χ4v) is 4.75. The number of nitrogen functional groups attached to an aromatic ring is 1. The highest BCUT2D eigenvalue weighted by molar-refractivity contribution is 5.62. The van der Waals surface area contributed by atoms with Crippen molar-refractivity contribution in [3.05, 3.63) is 48.0 Å². The predicted octanol–water partition coefficient (Wildman–Crippen LogP) is 3.97. The van der Waals surface area contributed by atoms with E-state index in [9.17, 15) is 0 Å². The number of benzene rings is 1. The lowest BCUT2D eigenvalue weighted by molar-refractivity contribution is -0.00524. The Morgan fingerprint density at radius 2 is 1.75 bits per heavy atom. The summed E-state index contributed by atoms with van der Waals surface area (Å²) in [4.78, 5) is 15.2. The Morgan fingerprint density at radius 3 is 2.34 bits per heavy atom. The SMILES string of the molecule is CC(C)OC1CCN(c2nc(C3(c4ccc(-c5cnc(N)nc5)cc4)CCC3)no2)CC1. The fraction of sp³-hybridized carbons (Fsp3) is 0.500. The molecule has 0 atom stereocenters. The zero-order valence-corrected chi connectivity index (χ0v) is 18.7. The molecule has 2 N–H and O–H groups in total. The molecule has 2 aliphatic rings. The molecule has 1 aliphatic carbocycles. The van der Waals surface area contributed by atoms with Gasteiger partial charge in [-0.2, -0.15) is 4.98 Å². The van der Waals surface area contributed by atoms with Crippen molar-refractivity contribution in [3.8, 4) is 11.1 Å². The number of aromatic nitrogens is 4. The van der Waals surface area contributed by atoms with E-state index in [0.29, 0.717) is 12.1 Å². The Bertz CT molecular complexity index is 1040. The Labute approximate surface area is 188 Å². The van der Waals surface area contributed by atoms with Crippen LogP contribution in [0, 0.1) is 0 Å². The van der Waals surface area contributed by atoms with Gasteiger partial charge >= 0.3 is 6.01 Å². The monoisotopic (exact) mass is 434 g/mol. The highest BCUT2D eigenvalue weighted by atomic mass is 16.5. The van der Waals surface area contributed by atoms with Gasteiger partial charge in [-0.1, -0.05) is 35.8 Å². The minimum Gasteiger partial charge on any atom is -0.375 e. The summed E-state index contributed by atoms with van der Waals surface area (Å²) in [6.07, 6.45) is 9.26. The first-order valence-corrected chi connectivity index (χ1v) is 11.5. The van der Waals surface area contributed by atoms with Crippen LogP contribution in [0.25, 0.3) is 11.1 Å².